The SMILES string of the molecule is C=Cc1ccc(C#N)c(C#N)c1. The van der Waals surface area contributed by atoms with E-state index < -0.39 is 0 Å². The summed E-state index contributed by atoms with van der Waals surface area (Å²) < 4.78 is 0. The summed E-state index contributed by atoms with van der Waals surface area (Å²) in [5, 5.41) is 17.2. The molecule has 0 atom stereocenters. The van der Waals surface area contributed by atoms with Crippen molar-refractivity contribution in [2.24, 2.45) is 0 Å². The minimum Gasteiger partial charge on any atom is -0.192 e. The molecule has 0 fully saturated rings. The van der Waals surface area contributed by atoms with Crippen LogP contribution in [0.2, 0.25) is 0 Å². The Kier molecular flexibility index (Phi) is 2.26. The Hall–Kier alpha value is -2.06. The Morgan fingerprint density at radius 2 is 1.83 bits per heavy atom. The zero-order chi connectivity index (χ0) is 8.97. The predicted octanol–water partition coefficient (Wildman–Crippen LogP) is 2.07. The Morgan fingerprint density at radius 3 is 2.33 bits per heavy atom. The minimum absolute atomic E-state index is 0.398. The maximum absolute atomic E-state index is 8.63. The maximum atomic E-state index is 8.63. The quantitative estimate of drug-likeness (QED) is 0.621. The molecule has 0 aromatic heterocycles. The molecule has 1 rings (SSSR count). The zero-order valence-corrected chi connectivity index (χ0v) is 6.41. The average Bonchev–Trinajstić information content (AvgIpc) is 2.16. The lowest BCUT2D eigenvalue weighted by molar-refractivity contribution is 1.42. The van der Waals surface area contributed by atoms with Crippen molar-refractivity contribution >= 4 is 6.08 Å². The van der Waals surface area contributed by atoms with E-state index in [9.17, 15) is 0 Å². The van der Waals surface area contributed by atoms with Crippen molar-refractivity contribution in [2.45, 2.75) is 0 Å². The summed E-state index contributed by atoms with van der Waals surface area (Å²) in [6.45, 7) is 3.57. The second-order valence-electron chi connectivity index (χ2n) is 2.23. The lowest BCUT2D eigenvalue weighted by Crippen LogP contribution is -1.83. The Labute approximate surface area is 71.0 Å². The maximum Gasteiger partial charge on any atom is 0.101 e. The van der Waals surface area contributed by atoms with Gasteiger partial charge in [-0.15, -0.1) is 0 Å². The van der Waals surface area contributed by atoms with Crippen molar-refractivity contribution in [3.8, 4) is 12.1 Å². The van der Waals surface area contributed by atoms with Crippen molar-refractivity contribution < 1.29 is 0 Å². The van der Waals surface area contributed by atoms with Crippen molar-refractivity contribution in [1.82, 2.24) is 0 Å². The molecule has 1 aromatic rings. The Bertz CT molecular complexity index is 391. The van der Waals surface area contributed by atoms with Crippen LogP contribution in [-0.4, -0.2) is 0 Å². The highest BCUT2D eigenvalue weighted by atomic mass is 14.3. The molecular formula is C10H6N2. The summed E-state index contributed by atoms with van der Waals surface area (Å²) in [6, 6.07) is 8.91. The molecule has 0 saturated heterocycles. The van der Waals surface area contributed by atoms with Crippen molar-refractivity contribution in [2.75, 3.05) is 0 Å². The third kappa shape index (κ3) is 1.33. The van der Waals surface area contributed by atoms with E-state index >= 15 is 0 Å². The number of rotatable bonds is 1. The Morgan fingerprint density at radius 1 is 1.17 bits per heavy atom. The van der Waals surface area contributed by atoms with Crippen LogP contribution in [-0.2, 0) is 0 Å². The number of nitrogens with zero attached hydrogens (tertiary/aromatic N) is 2. The van der Waals surface area contributed by atoms with Crippen LogP contribution in [0.25, 0.3) is 6.08 Å². The molecule has 0 aliphatic rings. The lowest BCUT2D eigenvalue weighted by atomic mass is 10.1. The average molecular weight is 154 g/mol. The van der Waals surface area contributed by atoms with E-state index in [0.717, 1.165) is 5.56 Å². The minimum atomic E-state index is 0.398. The topological polar surface area (TPSA) is 47.6 Å². The van der Waals surface area contributed by atoms with Crippen molar-refractivity contribution in [1.29, 1.82) is 10.5 Å². The highest BCUT2D eigenvalue weighted by Gasteiger charge is 1.99. The van der Waals surface area contributed by atoms with Crippen LogP contribution in [0.1, 0.15) is 16.7 Å². The van der Waals surface area contributed by atoms with Gasteiger partial charge in [-0.25, -0.2) is 0 Å². The molecule has 0 spiro atoms. The van der Waals surface area contributed by atoms with E-state index in [1.54, 1.807) is 24.3 Å². The second-order valence-corrected chi connectivity index (χ2v) is 2.23. The van der Waals surface area contributed by atoms with Crippen LogP contribution < -0.4 is 0 Å². The van der Waals surface area contributed by atoms with Gasteiger partial charge in [-0.3, -0.25) is 0 Å². The van der Waals surface area contributed by atoms with Gasteiger partial charge in [0.1, 0.15) is 12.1 Å². The summed E-state index contributed by atoms with van der Waals surface area (Å²) >= 11 is 0. The molecular weight excluding hydrogens is 148 g/mol. The summed E-state index contributed by atoms with van der Waals surface area (Å²) in [5.41, 5.74) is 1.66. The van der Waals surface area contributed by atoms with Crippen LogP contribution in [0.3, 0.4) is 0 Å². The fraction of sp³-hybridized carbons (Fsp3) is 0. The fourth-order valence-electron chi connectivity index (χ4n) is 0.879. The van der Waals surface area contributed by atoms with Gasteiger partial charge in [-0.2, -0.15) is 10.5 Å². The molecule has 0 bridgehead atoms. The summed E-state index contributed by atoms with van der Waals surface area (Å²) in [7, 11) is 0. The molecule has 1 aromatic carbocycles. The molecule has 0 unspecified atom stereocenters. The highest BCUT2D eigenvalue weighted by Crippen LogP contribution is 2.10. The number of hydrogen-bond donors (Lipinski definition) is 0. The van der Waals surface area contributed by atoms with Gasteiger partial charge < -0.3 is 0 Å². The van der Waals surface area contributed by atoms with Crippen LogP contribution in [0, 0.1) is 22.7 Å². The molecule has 0 aliphatic carbocycles. The van der Waals surface area contributed by atoms with Gasteiger partial charge in [-0.1, -0.05) is 18.7 Å². The van der Waals surface area contributed by atoms with E-state index in [1.807, 2.05) is 12.1 Å². The largest absolute Gasteiger partial charge is 0.192 e. The number of hydrogen-bond acceptors (Lipinski definition) is 2. The number of benzene rings is 1. The van der Waals surface area contributed by atoms with Gasteiger partial charge in [0.15, 0.2) is 0 Å². The van der Waals surface area contributed by atoms with Crippen LogP contribution in [0.5, 0.6) is 0 Å². The monoisotopic (exact) mass is 154 g/mol. The van der Waals surface area contributed by atoms with E-state index in [4.69, 9.17) is 10.5 Å². The standard InChI is InChI=1S/C10H6N2/c1-2-8-3-4-9(6-11)10(5-8)7-12/h2-5H,1H2. The first-order valence-electron chi connectivity index (χ1n) is 3.38. The molecule has 12 heavy (non-hydrogen) atoms. The highest BCUT2D eigenvalue weighted by molar-refractivity contribution is 5.55. The van der Waals surface area contributed by atoms with E-state index in [-0.39, 0.29) is 0 Å². The van der Waals surface area contributed by atoms with Gasteiger partial charge in [0, 0.05) is 0 Å². The molecule has 0 radical (unpaired) electrons. The van der Waals surface area contributed by atoms with Crippen LogP contribution in [0.15, 0.2) is 24.8 Å². The first-order chi connectivity index (χ1) is 5.81. The van der Waals surface area contributed by atoms with E-state index in [1.165, 1.54) is 0 Å². The smallest absolute Gasteiger partial charge is 0.101 e. The van der Waals surface area contributed by atoms with Gasteiger partial charge >= 0.3 is 0 Å². The normalized spacial score (nSPS) is 8.17. The molecule has 56 valence electrons. The third-order valence-corrected chi connectivity index (χ3v) is 1.52. The summed E-state index contributed by atoms with van der Waals surface area (Å²) in [6.07, 6.45) is 1.64. The predicted molar refractivity (Wildman–Crippen MR) is 46.0 cm³/mol. The second kappa shape index (κ2) is 3.37. The first-order valence-corrected chi connectivity index (χ1v) is 3.38. The first kappa shape index (κ1) is 8.04. The molecule has 0 aliphatic heterocycles. The molecule has 2 nitrogen and oxygen atoms in total. The van der Waals surface area contributed by atoms with Crippen LogP contribution >= 0.6 is 0 Å². The summed E-state index contributed by atoms with van der Waals surface area (Å²) in [4.78, 5) is 0. The van der Waals surface area contributed by atoms with Gasteiger partial charge in [0.05, 0.1) is 11.1 Å². The fourth-order valence-corrected chi connectivity index (χ4v) is 0.879. The van der Waals surface area contributed by atoms with Crippen LogP contribution in [0.4, 0.5) is 0 Å². The van der Waals surface area contributed by atoms with Gasteiger partial charge in [0.25, 0.3) is 0 Å². The molecule has 2 heteroatoms. The lowest BCUT2D eigenvalue weighted by Gasteiger charge is -1.95. The zero-order valence-electron chi connectivity index (χ0n) is 6.41. The van der Waals surface area contributed by atoms with Crippen molar-refractivity contribution in [3.05, 3.63) is 41.5 Å². The molecule has 0 heterocycles. The summed E-state index contributed by atoms with van der Waals surface area (Å²) in [5.74, 6) is 0. The van der Waals surface area contributed by atoms with Crippen molar-refractivity contribution in [3.63, 3.8) is 0 Å². The number of nitriles is 2. The van der Waals surface area contributed by atoms with Gasteiger partial charge in [-0.05, 0) is 17.7 Å². The van der Waals surface area contributed by atoms with E-state index in [0.29, 0.717) is 11.1 Å². The Balaban J connectivity index is 3.34. The third-order valence-electron chi connectivity index (χ3n) is 1.52. The van der Waals surface area contributed by atoms with E-state index in [2.05, 4.69) is 6.58 Å². The van der Waals surface area contributed by atoms with Gasteiger partial charge in [0.2, 0.25) is 0 Å². The molecule has 0 N–H and O–H groups in total. The molecule has 0 saturated carbocycles. The molecule has 0 amide bonds.